The van der Waals surface area contributed by atoms with Gasteiger partial charge in [-0.25, -0.2) is 18.9 Å². The summed E-state index contributed by atoms with van der Waals surface area (Å²) in [6.07, 6.45) is 1.01. The Morgan fingerprint density at radius 3 is 2.16 bits per heavy atom. The van der Waals surface area contributed by atoms with Gasteiger partial charge in [-0.05, 0) is 41.2 Å². The Balaban J connectivity index is 1.33. The van der Waals surface area contributed by atoms with Gasteiger partial charge in [0.05, 0.1) is 0 Å². The van der Waals surface area contributed by atoms with E-state index in [1.165, 1.54) is 6.07 Å². The Kier molecular flexibility index (Phi) is 11.5. The number of thiazole rings is 1. The van der Waals surface area contributed by atoms with Crippen LogP contribution in [0.1, 0.15) is 34.6 Å². The van der Waals surface area contributed by atoms with Crippen LogP contribution in [-0.4, -0.2) is 37.8 Å². The van der Waals surface area contributed by atoms with Crippen LogP contribution in [0.2, 0.25) is 4.34 Å². The van der Waals surface area contributed by atoms with Gasteiger partial charge < -0.3 is 9.45 Å². The van der Waals surface area contributed by atoms with Crippen molar-refractivity contribution < 1.29 is 17.9 Å². The van der Waals surface area contributed by atoms with E-state index < -0.39 is 11.3 Å². The molecule has 5 rings (SSSR count). The molecule has 0 saturated carbocycles. The summed E-state index contributed by atoms with van der Waals surface area (Å²) >= 11 is 5.34. The lowest BCUT2D eigenvalue weighted by molar-refractivity contribution is 0.210. The molecule has 0 bridgehead atoms. The first kappa shape index (κ1) is 32.5. The standard InChI is InChI=1S/C34H32ClFN4O3S2/c35-32-31(28-17-15-24(16-18-28)23-37-45(42)43)38-33(44-32)39-34(41)40(21-19-27-13-7-8-14-30(27)36)22-20-29(25-9-3-1-4-10-25)26-11-5-2-6-12-26/h1-18,29,37H,19-23H2,(H,42,43)(H,38,39,41)/p-1. The molecule has 5 aromatic rings. The van der Waals surface area contributed by atoms with Crippen molar-refractivity contribution in [1.29, 1.82) is 0 Å². The lowest BCUT2D eigenvalue weighted by Crippen LogP contribution is -2.38. The summed E-state index contributed by atoms with van der Waals surface area (Å²) in [7, 11) is 0. The van der Waals surface area contributed by atoms with Gasteiger partial charge in [-0.15, -0.1) is 0 Å². The molecule has 2 amide bonds. The van der Waals surface area contributed by atoms with Gasteiger partial charge in [0, 0.05) is 42.4 Å². The minimum absolute atomic E-state index is 0.0591. The van der Waals surface area contributed by atoms with Gasteiger partial charge in [0.1, 0.15) is 15.8 Å². The number of amides is 2. The summed E-state index contributed by atoms with van der Waals surface area (Å²) in [5.41, 5.74) is 4.86. The van der Waals surface area contributed by atoms with Crippen LogP contribution < -0.4 is 10.0 Å². The maximum Gasteiger partial charge on any atom is 0.323 e. The molecule has 2 N–H and O–H groups in total. The SMILES string of the molecule is O=C(Nc1nc(-c2ccc(CNS(=O)[O-])cc2)c(Cl)s1)N(CCc1ccccc1F)CCC(c1ccccc1)c1ccccc1. The normalized spacial score (nSPS) is 11.8. The molecule has 0 spiro atoms. The second kappa shape index (κ2) is 15.9. The van der Waals surface area contributed by atoms with Crippen LogP contribution in [0.25, 0.3) is 11.3 Å². The molecule has 0 radical (unpaired) electrons. The highest BCUT2D eigenvalue weighted by Gasteiger charge is 2.21. The molecule has 1 atom stereocenters. The van der Waals surface area contributed by atoms with E-state index in [0.29, 0.717) is 46.7 Å². The number of anilines is 1. The molecule has 0 aliphatic carbocycles. The summed E-state index contributed by atoms with van der Waals surface area (Å²) in [4.78, 5) is 20.0. The van der Waals surface area contributed by atoms with Crippen LogP contribution in [-0.2, 0) is 24.2 Å². The van der Waals surface area contributed by atoms with Crippen molar-refractivity contribution in [2.24, 2.45) is 0 Å². The predicted molar refractivity (Wildman–Crippen MR) is 178 cm³/mol. The number of rotatable bonds is 13. The molecular weight excluding hydrogens is 631 g/mol. The first-order chi connectivity index (χ1) is 21.9. The van der Waals surface area contributed by atoms with Crippen molar-refractivity contribution in [2.75, 3.05) is 18.4 Å². The Morgan fingerprint density at radius 2 is 1.53 bits per heavy atom. The van der Waals surface area contributed by atoms with Gasteiger partial charge in [0.2, 0.25) is 0 Å². The van der Waals surface area contributed by atoms with Crippen molar-refractivity contribution in [3.05, 3.63) is 142 Å². The van der Waals surface area contributed by atoms with Gasteiger partial charge >= 0.3 is 6.03 Å². The number of halogens is 2. The fourth-order valence-electron chi connectivity index (χ4n) is 5.08. The largest absolute Gasteiger partial charge is 0.760 e. The van der Waals surface area contributed by atoms with Crippen LogP contribution in [0.4, 0.5) is 14.3 Å². The number of urea groups is 1. The summed E-state index contributed by atoms with van der Waals surface area (Å²) in [6.45, 7) is 0.893. The quantitative estimate of drug-likeness (QED) is 0.126. The third-order valence-corrected chi connectivity index (χ3v) is 8.96. The van der Waals surface area contributed by atoms with E-state index in [2.05, 4.69) is 39.3 Å². The third-order valence-electron chi connectivity index (χ3n) is 7.41. The van der Waals surface area contributed by atoms with E-state index in [1.807, 2.05) is 36.4 Å². The van der Waals surface area contributed by atoms with Crippen molar-refractivity contribution in [1.82, 2.24) is 14.6 Å². The van der Waals surface area contributed by atoms with E-state index in [0.717, 1.165) is 33.6 Å². The number of carbonyl (C=O) groups excluding carboxylic acids is 1. The Hall–Kier alpha value is -3.93. The van der Waals surface area contributed by atoms with E-state index in [9.17, 15) is 17.9 Å². The average molecular weight is 662 g/mol. The van der Waals surface area contributed by atoms with Gasteiger partial charge in [-0.1, -0.05) is 126 Å². The molecule has 0 fully saturated rings. The Labute approximate surface area is 273 Å². The second-order valence-corrected chi connectivity index (χ2v) is 12.7. The lowest BCUT2D eigenvalue weighted by Gasteiger charge is -2.26. The second-order valence-electron chi connectivity index (χ2n) is 10.3. The van der Waals surface area contributed by atoms with Crippen LogP contribution in [0.15, 0.2) is 109 Å². The third kappa shape index (κ3) is 9.06. The van der Waals surface area contributed by atoms with Crippen molar-refractivity contribution >= 4 is 45.4 Å². The molecule has 0 aliphatic rings. The minimum atomic E-state index is -2.35. The molecule has 1 heterocycles. The van der Waals surface area contributed by atoms with Gasteiger partial charge in [-0.2, -0.15) is 0 Å². The lowest BCUT2D eigenvalue weighted by atomic mass is 9.88. The van der Waals surface area contributed by atoms with Crippen molar-refractivity contribution in [3.63, 3.8) is 0 Å². The first-order valence-electron chi connectivity index (χ1n) is 14.3. The number of hydrogen-bond acceptors (Lipinski definition) is 5. The monoisotopic (exact) mass is 661 g/mol. The molecule has 45 heavy (non-hydrogen) atoms. The number of carbonyl (C=O) groups is 1. The van der Waals surface area contributed by atoms with Gasteiger partial charge in [-0.3, -0.25) is 9.53 Å². The zero-order chi connectivity index (χ0) is 31.6. The van der Waals surface area contributed by atoms with Crippen LogP contribution >= 0.6 is 22.9 Å². The van der Waals surface area contributed by atoms with Gasteiger partial charge in [0.15, 0.2) is 5.13 Å². The fourth-order valence-corrected chi connectivity index (χ4v) is 6.44. The number of aromatic nitrogens is 1. The van der Waals surface area contributed by atoms with E-state index in [1.54, 1.807) is 47.4 Å². The molecule has 4 aromatic carbocycles. The highest BCUT2D eigenvalue weighted by Crippen LogP contribution is 2.35. The fraction of sp³-hybridized carbons (Fsp3) is 0.176. The summed E-state index contributed by atoms with van der Waals surface area (Å²) in [6, 6.07) is 33.8. The molecule has 7 nitrogen and oxygen atoms in total. The van der Waals surface area contributed by atoms with E-state index in [4.69, 9.17) is 11.6 Å². The summed E-state index contributed by atoms with van der Waals surface area (Å²) < 4.78 is 38.8. The summed E-state index contributed by atoms with van der Waals surface area (Å²) in [5.74, 6) is -0.243. The number of hydrogen-bond donors (Lipinski definition) is 2. The van der Waals surface area contributed by atoms with E-state index in [-0.39, 0.29) is 24.3 Å². The smallest absolute Gasteiger partial charge is 0.323 e. The highest BCUT2D eigenvalue weighted by molar-refractivity contribution is 7.77. The predicted octanol–water partition coefficient (Wildman–Crippen LogP) is 7.79. The van der Waals surface area contributed by atoms with E-state index >= 15 is 0 Å². The average Bonchev–Trinajstić information content (AvgIpc) is 3.42. The molecular formula is C34H31ClFN4O3S2-. The zero-order valence-corrected chi connectivity index (χ0v) is 26.6. The molecule has 11 heteroatoms. The molecule has 232 valence electrons. The Bertz CT molecular complexity index is 1680. The maximum atomic E-state index is 14.5. The zero-order valence-electron chi connectivity index (χ0n) is 24.2. The first-order valence-corrected chi connectivity index (χ1v) is 16.6. The molecule has 0 aliphatic heterocycles. The van der Waals surface area contributed by atoms with Crippen molar-refractivity contribution in [3.8, 4) is 11.3 Å². The minimum Gasteiger partial charge on any atom is -0.760 e. The van der Waals surface area contributed by atoms with Gasteiger partial charge in [0.25, 0.3) is 0 Å². The maximum absolute atomic E-state index is 14.5. The number of benzene rings is 4. The van der Waals surface area contributed by atoms with Crippen LogP contribution in [0.3, 0.4) is 0 Å². The highest BCUT2D eigenvalue weighted by atomic mass is 35.5. The number of nitrogens with zero attached hydrogens (tertiary/aromatic N) is 2. The molecule has 0 saturated heterocycles. The number of nitrogens with one attached hydrogen (secondary N) is 2. The molecule has 1 aromatic heterocycles. The van der Waals surface area contributed by atoms with Crippen molar-refractivity contribution in [2.45, 2.75) is 25.3 Å². The molecule has 1 unspecified atom stereocenters. The van der Waals surface area contributed by atoms with Crippen LogP contribution in [0.5, 0.6) is 0 Å². The summed E-state index contributed by atoms with van der Waals surface area (Å²) in [5, 5.41) is 3.25. The Morgan fingerprint density at radius 1 is 0.911 bits per heavy atom. The topological polar surface area (TPSA) is 97.4 Å². The van der Waals surface area contributed by atoms with Crippen LogP contribution in [0, 0.1) is 5.82 Å².